The van der Waals surface area contributed by atoms with E-state index in [1.165, 1.54) is 13.2 Å². The molecule has 3 nitrogen and oxygen atoms in total. The van der Waals surface area contributed by atoms with Crippen LogP contribution >= 0.6 is 0 Å². The Kier molecular flexibility index (Phi) is 8.80. The Labute approximate surface area is 212 Å². The normalized spacial score (nSPS) is 21.5. The molecule has 2 unspecified atom stereocenters. The SMILES string of the molecule is C=CCC(O)(CC=C)C1=C(C2C=CCCC2O[C@H](C)c2cc(C(F)(F)F)cc(C(F)(F)F)c2)COC=C1. The zero-order valence-corrected chi connectivity index (χ0v) is 20.4. The number of aliphatic hydroxyl groups is 1. The molecule has 2 aliphatic rings. The van der Waals surface area contributed by atoms with Crippen molar-refractivity contribution in [3.8, 4) is 0 Å². The predicted molar refractivity (Wildman–Crippen MR) is 128 cm³/mol. The smallest absolute Gasteiger partial charge is 0.416 e. The largest absolute Gasteiger partial charge is 0.497 e. The van der Waals surface area contributed by atoms with Crippen LogP contribution in [0, 0.1) is 5.92 Å². The molecular weight excluding hydrogens is 498 g/mol. The van der Waals surface area contributed by atoms with Crippen molar-refractivity contribution in [2.75, 3.05) is 6.61 Å². The van der Waals surface area contributed by atoms with Gasteiger partial charge in [0, 0.05) is 5.92 Å². The molecule has 0 bridgehead atoms. The quantitative estimate of drug-likeness (QED) is 0.262. The summed E-state index contributed by atoms with van der Waals surface area (Å²) in [6.07, 6.45) is 0.203. The maximum absolute atomic E-state index is 13.4. The molecule has 0 saturated heterocycles. The van der Waals surface area contributed by atoms with Crippen molar-refractivity contribution in [2.24, 2.45) is 5.92 Å². The van der Waals surface area contributed by atoms with Crippen molar-refractivity contribution in [1.29, 1.82) is 0 Å². The molecule has 1 N–H and O–H groups in total. The van der Waals surface area contributed by atoms with Crippen molar-refractivity contribution in [1.82, 2.24) is 0 Å². The number of benzene rings is 1. The van der Waals surface area contributed by atoms with Crippen molar-refractivity contribution < 1.29 is 40.9 Å². The number of hydrogen-bond donors (Lipinski definition) is 1. The Balaban J connectivity index is 1.99. The fraction of sp³-hybridized carbons (Fsp3) is 0.429. The predicted octanol–water partition coefficient (Wildman–Crippen LogP) is 7.86. The van der Waals surface area contributed by atoms with Gasteiger partial charge in [-0.05, 0) is 73.6 Å². The molecule has 37 heavy (non-hydrogen) atoms. The van der Waals surface area contributed by atoms with Gasteiger partial charge in [0.05, 0.1) is 35.2 Å². The van der Waals surface area contributed by atoms with E-state index in [1.54, 1.807) is 18.2 Å². The molecule has 1 aromatic rings. The fourth-order valence-corrected chi connectivity index (χ4v) is 4.80. The minimum atomic E-state index is -4.95. The molecule has 3 atom stereocenters. The Bertz CT molecular complexity index is 1040. The van der Waals surface area contributed by atoms with Crippen LogP contribution in [0.5, 0.6) is 0 Å². The van der Waals surface area contributed by atoms with Crippen LogP contribution in [0.4, 0.5) is 26.3 Å². The summed E-state index contributed by atoms with van der Waals surface area (Å²) < 4.78 is 91.8. The number of ether oxygens (including phenoxy) is 2. The molecule has 1 aliphatic carbocycles. The van der Waals surface area contributed by atoms with Crippen molar-refractivity contribution in [2.45, 2.75) is 62.8 Å². The molecule has 1 heterocycles. The number of allylic oxidation sites excluding steroid dienone is 1. The summed E-state index contributed by atoms with van der Waals surface area (Å²) in [5.41, 5.74) is -2.97. The molecule has 0 fully saturated rings. The van der Waals surface area contributed by atoms with Gasteiger partial charge in [-0.25, -0.2) is 0 Å². The number of halogens is 6. The summed E-state index contributed by atoms with van der Waals surface area (Å²) in [5.74, 6) is -0.412. The highest BCUT2D eigenvalue weighted by atomic mass is 19.4. The first-order valence-corrected chi connectivity index (χ1v) is 11.9. The highest BCUT2D eigenvalue weighted by molar-refractivity contribution is 5.41. The fourth-order valence-electron chi connectivity index (χ4n) is 4.80. The Hall–Kier alpha value is -2.78. The van der Waals surface area contributed by atoms with Crippen LogP contribution in [0.3, 0.4) is 0 Å². The van der Waals surface area contributed by atoms with E-state index in [0.29, 0.717) is 30.5 Å². The van der Waals surface area contributed by atoms with E-state index < -0.39 is 47.2 Å². The van der Waals surface area contributed by atoms with Gasteiger partial charge < -0.3 is 14.6 Å². The van der Waals surface area contributed by atoms with Gasteiger partial charge in [0.25, 0.3) is 0 Å². The topological polar surface area (TPSA) is 38.7 Å². The van der Waals surface area contributed by atoms with Gasteiger partial charge >= 0.3 is 12.4 Å². The second-order valence-corrected chi connectivity index (χ2v) is 9.26. The molecule has 0 aromatic heterocycles. The van der Waals surface area contributed by atoms with E-state index in [4.69, 9.17) is 9.47 Å². The zero-order valence-electron chi connectivity index (χ0n) is 20.4. The molecule has 0 saturated carbocycles. The number of hydrogen-bond acceptors (Lipinski definition) is 3. The van der Waals surface area contributed by atoms with Crippen molar-refractivity contribution in [3.05, 3.63) is 95.8 Å². The van der Waals surface area contributed by atoms with Crippen LogP contribution in [-0.2, 0) is 21.8 Å². The average molecular weight is 529 g/mol. The highest BCUT2D eigenvalue weighted by Gasteiger charge is 2.39. The van der Waals surface area contributed by atoms with E-state index in [0.717, 1.165) is 5.57 Å². The molecule has 0 spiro atoms. The minimum Gasteiger partial charge on any atom is -0.497 e. The van der Waals surface area contributed by atoms with Gasteiger partial charge in [0.15, 0.2) is 0 Å². The summed E-state index contributed by atoms with van der Waals surface area (Å²) in [4.78, 5) is 0. The third kappa shape index (κ3) is 6.76. The van der Waals surface area contributed by atoms with Crippen LogP contribution in [0.1, 0.15) is 55.4 Å². The van der Waals surface area contributed by atoms with Gasteiger partial charge in [-0.3, -0.25) is 0 Å². The summed E-state index contributed by atoms with van der Waals surface area (Å²) in [6.45, 7) is 9.03. The summed E-state index contributed by atoms with van der Waals surface area (Å²) >= 11 is 0. The van der Waals surface area contributed by atoms with Crippen LogP contribution in [0.25, 0.3) is 0 Å². The third-order valence-electron chi connectivity index (χ3n) is 6.60. The first-order valence-electron chi connectivity index (χ1n) is 11.9. The lowest BCUT2D eigenvalue weighted by atomic mass is 9.76. The molecule has 0 radical (unpaired) electrons. The lowest BCUT2D eigenvalue weighted by Gasteiger charge is -2.37. The molecule has 0 amide bonds. The van der Waals surface area contributed by atoms with E-state index in [1.807, 2.05) is 12.2 Å². The second-order valence-electron chi connectivity index (χ2n) is 9.26. The van der Waals surface area contributed by atoms with E-state index in [9.17, 15) is 31.4 Å². The van der Waals surface area contributed by atoms with E-state index in [-0.39, 0.29) is 31.1 Å². The highest BCUT2D eigenvalue weighted by Crippen LogP contribution is 2.41. The summed E-state index contributed by atoms with van der Waals surface area (Å²) in [5, 5.41) is 11.4. The van der Waals surface area contributed by atoms with E-state index >= 15 is 0 Å². The van der Waals surface area contributed by atoms with Crippen molar-refractivity contribution in [3.63, 3.8) is 0 Å². The molecular formula is C28H30F6O3. The third-order valence-corrected chi connectivity index (χ3v) is 6.60. The molecule has 202 valence electrons. The van der Waals surface area contributed by atoms with Crippen molar-refractivity contribution >= 4 is 0 Å². The summed E-state index contributed by atoms with van der Waals surface area (Å²) in [7, 11) is 0. The van der Waals surface area contributed by atoms with Gasteiger partial charge in [-0.15, -0.1) is 13.2 Å². The molecule has 9 heteroatoms. The van der Waals surface area contributed by atoms with Crippen LogP contribution in [0.2, 0.25) is 0 Å². The zero-order chi connectivity index (χ0) is 27.4. The maximum Gasteiger partial charge on any atom is 0.416 e. The average Bonchev–Trinajstić information content (AvgIpc) is 2.83. The second kappa shape index (κ2) is 11.3. The van der Waals surface area contributed by atoms with Crippen LogP contribution in [0.15, 0.2) is 79.1 Å². The summed E-state index contributed by atoms with van der Waals surface area (Å²) in [6, 6.07) is 1.49. The number of alkyl halides is 6. The minimum absolute atomic E-state index is 0.102. The maximum atomic E-state index is 13.4. The first kappa shape index (κ1) is 28.8. The van der Waals surface area contributed by atoms with Crippen LogP contribution in [-0.4, -0.2) is 23.4 Å². The Morgan fingerprint density at radius 3 is 2.19 bits per heavy atom. The Morgan fingerprint density at radius 2 is 1.65 bits per heavy atom. The Morgan fingerprint density at radius 1 is 1.05 bits per heavy atom. The molecule has 1 aliphatic heterocycles. The standard InChI is InChI=1S/C28H30F6O3/c1-4-11-26(35,12-5-2)24-10-13-36-17-23(24)22-8-6-7-9-25(22)37-18(3)19-14-20(27(29,30)31)16-21(15-19)28(32,33)34/h4-6,8,10,13-16,18,22,25,35H,1-2,7,9,11-12,17H2,3H3/t18-,22?,25?/m1/s1. The van der Waals surface area contributed by atoms with Gasteiger partial charge in [-0.1, -0.05) is 24.3 Å². The van der Waals surface area contributed by atoms with Crippen LogP contribution < -0.4 is 0 Å². The van der Waals surface area contributed by atoms with Gasteiger partial charge in [0.1, 0.15) is 6.61 Å². The lowest BCUT2D eigenvalue weighted by Crippen LogP contribution is -2.36. The monoisotopic (exact) mass is 528 g/mol. The lowest BCUT2D eigenvalue weighted by molar-refractivity contribution is -0.143. The van der Waals surface area contributed by atoms with Gasteiger partial charge in [0.2, 0.25) is 0 Å². The first-order chi connectivity index (χ1) is 17.3. The van der Waals surface area contributed by atoms with E-state index in [2.05, 4.69) is 13.2 Å². The molecule has 3 rings (SSSR count). The number of rotatable bonds is 9. The molecule has 1 aromatic carbocycles. The van der Waals surface area contributed by atoms with Gasteiger partial charge in [-0.2, -0.15) is 26.3 Å².